The molecule has 1 saturated heterocycles. The first kappa shape index (κ1) is 17.2. The van der Waals surface area contributed by atoms with Crippen LogP contribution < -0.4 is 5.32 Å². The molecule has 2 heteroatoms. The van der Waals surface area contributed by atoms with E-state index in [4.69, 9.17) is 0 Å². The van der Waals surface area contributed by atoms with E-state index in [1.54, 1.807) is 0 Å². The van der Waals surface area contributed by atoms with E-state index in [2.05, 4.69) is 73.8 Å². The largest absolute Gasteiger partial charge is 0.389 e. The monoisotopic (exact) mass is 323 g/mol. The van der Waals surface area contributed by atoms with Crippen molar-refractivity contribution in [2.24, 2.45) is 11.8 Å². The maximum Gasteiger partial charge on any atom is 0.0709 e. The van der Waals surface area contributed by atoms with Crippen LogP contribution in [0.25, 0.3) is 0 Å². The zero-order chi connectivity index (χ0) is 17.2. The van der Waals surface area contributed by atoms with Crippen LogP contribution in [0.4, 0.5) is 0 Å². The molecule has 0 amide bonds. The second-order valence-corrected chi connectivity index (χ2v) is 7.35. The molecule has 24 heavy (non-hydrogen) atoms. The lowest BCUT2D eigenvalue weighted by atomic mass is 9.65. The molecule has 1 heterocycles. The summed E-state index contributed by atoms with van der Waals surface area (Å²) in [4.78, 5) is 0. The van der Waals surface area contributed by atoms with Gasteiger partial charge in [-0.2, -0.15) is 0 Å². The molecule has 1 fully saturated rings. The van der Waals surface area contributed by atoms with Crippen molar-refractivity contribution in [1.82, 2.24) is 5.32 Å². The van der Waals surface area contributed by atoms with Crippen molar-refractivity contribution in [3.8, 4) is 0 Å². The molecular formula is C22H29NO. The van der Waals surface area contributed by atoms with Crippen LogP contribution in [0.5, 0.6) is 0 Å². The highest BCUT2D eigenvalue weighted by Gasteiger charge is 2.49. The molecule has 0 radical (unpaired) electrons. The number of nitrogens with one attached hydrogen (secondary N) is 1. The SMILES string of the molecule is CCC[C@@H]1[C@H](c2ccccc2)N[C@H](c2ccccc2)[C@H](C)[C@]1(C)O. The second-order valence-electron chi connectivity index (χ2n) is 7.35. The minimum atomic E-state index is -0.706. The maximum absolute atomic E-state index is 11.5. The summed E-state index contributed by atoms with van der Waals surface area (Å²) >= 11 is 0. The Labute approximate surface area is 145 Å². The van der Waals surface area contributed by atoms with E-state index < -0.39 is 5.60 Å². The number of benzene rings is 2. The summed E-state index contributed by atoms with van der Waals surface area (Å²) < 4.78 is 0. The van der Waals surface area contributed by atoms with Crippen molar-refractivity contribution >= 4 is 0 Å². The van der Waals surface area contributed by atoms with E-state index in [0.29, 0.717) is 0 Å². The first-order valence-corrected chi connectivity index (χ1v) is 9.14. The van der Waals surface area contributed by atoms with E-state index in [1.165, 1.54) is 11.1 Å². The quantitative estimate of drug-likeness (QED) is 0.841. The average Bonchev–Trinajstić information content (AvgIpc) is 2.61. The lowest BCUT2D eigenvalue weighted by Crippen LogP contribution is -2.56. The summed E-state index contributed by atoms with van der Waals surface area (Å²) in [5.74, 6) is 0.358. The van der Waals surface area contributed by atoms with Crippen molar-refractivity contribution in [3.05, 3.63) is 71.8 Å². The molecular weight excluding hydrogens is 294 g/mol. The van der Waals surface area contributed by atoms with Gasteiger partial charge in [0, 0.05) is 23.9 Å². The Morgan fingerprint density at radius 3 is 1.92 bits per heavy atom. The van der Waals surface area contributed by atoms with Gasteiger partial charge in [-0.05, 0) is 24.5 Å². The van der Waals surface area contributed by atoms with Crippen molar-refractivity contribution in [2.45, 2.75) is 51.3 Å². The Hall–Kier alpha value is -1.64. The molecule has 0 bridgehead atoms. The van der Waals surface area contributed by atoms with Crippen LogP contribution in [-0.2, 0) is 0 Å². The molecule has 5 atom stereocenters. The molecule has 0 saturated carbocycles. The van der Waals surface area contributed by atoms with E-state index in [0.717, 1.165) is 12.8 Å². The lowest BCUT2D eigenvalue weighted by molar-refractivity contribution is -0.105. The highest BCUT2D eigenvalue weighted by Crippen LogP contribution is 2.48. The molecule has 128 valence electrons. The summed E-state index contributed by atoms with van der Waals surface area (Å²) in [6, 6.07) is 21.4. The Balaban J connectivity index is 2.01. The third-order valence-corrected chi connectivity index (χ3v) is 5.85. The number of rotatable bonds is 4. The van der Waals surface area contributed by atoms with E-state index in [9.17, 15) is 5.11 Å². The predicted octanol–water partition coefficient (Wildman–Crippen LogP) is 4.88. The molecule has 2 aromatic rings. The standard InChI is InChI=1S/C22H29NO/c1-4-11-19-21(18-14-9-6-10-15-18)23-20(16(2)22(19,3)24)17-12-7-5-8-13-17/h5-10,12-16,19-21,23-24H,4,11H2,1-3H3/t16-,19+,20-,21-,22-/m0/s1. The van der Waals surface area contributed by atoms with Crippen LogP contribution in [0, 0.1) is 11.8 Å². The Morgan fingerprint density at radius 2 is 1.42 bits per heavy atom. The zero-order valence-corrected chi connectivity index (χ0v) is 14.9. The number of aliphatic hydroxyl groups is 1. The minimum absolute atomic E-state index is 0.149. The van der Waals surface area contributed by atoms with Gasteiger partial charge in [0.05, 0.1) is 5.60 Å². The van der Waals surface area contributed by atoms with Crippen LogP contribution in [0.15, 0.2) is 60.7 Å². The third kappa shape index (κ3) is 3.13. The number of piperidine rings is 1. The van der Waals surface area contributed by atoms with Gasteiger partial charge in [-0.25, -0.2) is 0 Å². The number of hydrogen-bond acceptors (Lipinski definition) is 2. The fourth-order valence-corrected chi connectivity index (χ4v) is 4.27. The van der Waals surface area contributed by atoms with Gasteiger partial charge in [0.1, 0.15) is 0 Å². The third-order valence-electron chi connectivity index (χ3n) is 5.85. The molecule has 0 aliphatic carbocycles. The smallest absolute Gasteiger partial charge is 0.0709 e. The summed E-state index contributed by atoms with van der Waals surface area (Å²) in [5.41, 5.74) is 1.81. The summed E-state index contributed by atoms with van der Waals surface area (Å²) in [5, 5.41) is 15.3. The molecule has 2 N–H and O–H groups in total. The van der Waals surface area contributed by atoms with Crippen molar-refractivity contribution in [3.63, 3.8) is 0 Å². The maximum atomic E-state index is 11.5. The van der Waals surface area contributed by atoms with Crippen molar-refractivity contribution in [2.75, 3.05) is 0 Å². The van der Waals surface area contributed by atoms with Crippen LogP contribution in [-0.4, -0.2) is 10.7 Å². The fourth-order valence-electron chi connectivity index (χ4n) is 4.27. The van der Waals surface area contributed by atoms with Crippen LogP contribution in [0.1, 0.15) is 56.8 Å². The molecule has 2 nitrogen and oxygen atoms in total. The fraction of sp³-hybridized carbons (Fsp3) is 0.455. The molecule has 0 unspecified atom stereocenters. The highest BCUT2D eigenvalue weighted by atomic mass is 16.3. The van der Waals surface area contributed by atoms with Gasteiger partial charge in [0.25, 0.3) is 0 Å². The Morgan fingerprint density at radius 1 is 0.917 bits per heavy atom. The van der Waals surface area contributed by atoms with E-state index in [-0.39, 0.29) is 23.9 Å². The van der Waals surface area contributed by atoms with Gasteiger partial charge >= 0.3 is 0 Å². The van der Waals surface area contributed by atoms with Gasteiger partial charge in [0.2, 0.25) is 0 Å². The van der Waals surface area contributed by atoms with Crippen LogP contribution in [0.3, 0.4) is 0 Å². The summed E-state index contributed by atoms with van der Waals surface area (Å²) in [7, 11) is 0. The van der Waals surface area contributed by atoms with Gasteiger partial charge in [-0.15, -0.1) is 0 Å². The molecule has 1 aliphatic rings. The first-order chi connectivity index (χ1) is 11.6. The first-order valence-electron chi connectivity index (χ1n) is 9.14. The topological polar surface area (TPSA) is 32.3 Å². The van der Waals surface area contributed by atoms with Gasteiger partial charge in [-0.1, -0.05) is 80.9 Å². The predicted molar refractivity (Wildman–Crippen MR) is 99.7 cm³/mol. The summed E-state index contributed by atoms with van der Waals surface area (Å²) in [6.07, 6.45) is 2.10. The highest BCUT2D eigenvalue weighted by molar-refractivity contribution is 5.27. The number of hydrogen-bond donors (Lipinski definition) is 2. The average molecular weight is 323 g/mol. The van der Waals surface area contributed by atoms with Gasteiger partial charge in [0.15, 0.2) is 0 Å². The van der Waals surface area contributed by atoms with Gasteiger partial charge < -0.3 is 10.4 Å². The normalized spacial score (nSPS) is 33.3. The Kier molecular flexibility index (Phi) is 5.07. The van der Waals surface area contributed by atoms with Crippen LogP contribution in [0.2, 0.25) is 0 Å². The van der Waals surface area contributed by atoms with E-state index >= 15 is 0 Å². The lowest BCUT2D eigenvalue weighted by Gasteiger charge is -2.52. The van der Waals surface area contributed by atoms with Crippen molar-refractivity contribution in [1.29, 1.82) is 0 Å². The zero-order valence-electron chi connectivity index (χ0n) is 14.9. The van der Waals surface area contributed by atoms with E-state index in [1.807, 2.05) is 13.0 Å². The van der Waals surface area contributed by atoms with Gasteiger partial charge in [-0.3, -0.25) is 0 Å². The molecule has 0 spiro atoms. The summed E-state index contributed by atoms with van der Waals surface area (Å²) in [6.45, 7) is 6.41. The Bertz CT molecular complexity index is 638. The molecule has 1 aliphatic heterocycles. The van der Waals surface area contributed by atoms with Crippen molar-refractivity contribution < 1.29 is 5.11 Å². The molecule has 2 aromatic carbocycles. The molecule has 0 aromatic heterocycles. The minimum Gasteiger partial charge on any atom is -0.389 e. The van der Waals surface area contributed by atoms with Crippen LogP contribution >= 0.6 is 0 Å². The molecule has 3 rings (SSSR count). The second kappa shape index (κ2) is 7.08.